The van der Waals surface area contributed by atoms with Crippen LogP contribution in [-0.2, 0) is 0 Å². The van der Waals surface area contributed by atoms with Gasteiger partial charge in [0.1, 0.15) is 18.0 Å². The average molecular weight is 326 g/mol. The largest absolute Gasteiger partial charge is 0.387 e. The van der Waals surface area contributed by atoms with E-state index in [1.54, 1.807) is 6.33 Å². The van der Waals surface area contributed by atoms with Crippen LogP contribution in [0.4, 0.5) is 11.6 Å². The summed E-state index contributed by atoms with van der Waals surface area (Å²) in [6.07, 6.45) is 3.53. The van der Waals surface area contributed by atoms with Crippen LogP contribution in [0.25, 0.3) is 0 Å². The first-order valence-electron chi connectivity index (χ1n) is 8.67. The Morgan fingerprint density at radius 2 is 2.21 bits per heavy atom. The number of aryl methyl sites for hydroxylation is 1. The Morgan fingerprint density at radius 1 is 1.33 bits per heavy atom. The Kier molecular flexibility index (Phi) is 5.30. The van der Waals surface area contributed by atoms with E-state index >= 15 is 0 Å². The summed E-state index contributed by atoms with van der Waals surface area (Å²) >= 11 is 0. The van der Waals surface area contributed by atoms with Gasteiger partial charge in [-0.15, -0.1) is 0 Å². The lowest BCUT2D eigenvalue weighted by Crippen LogP contribution is -2.34. The van der Waals surface area contributed by atoms with E-state index < -0.39 is 6.10 Å². The number of nitrogens with zero attached hydrogens (tertiary/aromatic N) is 3. The van der Waals surface area contributed by atoms with E-state index in [1.165, 1.54) is 12.8 Å². The van der Waals surface area contributed by atoms with Gasteiger partial charge in [0.05, 0.1) is 6.10 Å². The molecule has 1 aliphatic rings. The molecule has 24 heavy (non-hydrogen) atoms. The highest BCUT2D eigenvalue weighted by Crippen LogP contribution is 2.22. The van der Waals surface area contributed by atoms with Gasteiger partial charge in [-0.05, 0) is 31.2 Å². The fourth-order valence-electron chi connectivity index (χ4n) is 3.21. The zero-order valence-electron chi connectivity index (χ0n) is 14.4. The van der Waals surface area contributed by atoms with Gasteiger partial charge < -0.3 is 15.3 Å². The van der Waals surface area contributed by atoms with E-state index in [2.05, 4.69) is 27.1 Å². The van der Waals surface area contributed by atoms with Crippen molar-refractivity contribution in [1.82, 2.24) is 9.97 Å². The minimum Gasteiger partial charge on any atom is -0.387 e. The maximum absolute atomic E-state index is 10.3. The summed E-state index contributed by atoms with van der Waals surface area (Å²) in [6.45, 7) is 6.83. The summed E-state index contributed by atoms with van der Waals surface area (Å²) in [5.41, 5.74) is 2.07. The molecule has 2 atom stereocenters. The summed E-state index contributed by atoms with van der Waals surface area (Å²) in [4.78, 5) is 11.0. The smallest absolute Gasteiger partial charge is 0.134 e. The first-order valence-corrected chi connectivity index (χ1v) is 8.67. The second-order valence-corrected chi connectivity index (χ2v) is 6.77. The molecule has 0 aliphatic carbocycles. The number of hydrogen-bond acceptors (Lipinski definition) is 5. The van der Waals surface area contributed by atoms with Crippen molar-refractivity contribution in [3.63, 3.8) is 0 Å². The van der Waals surface area contributed by atoms with E-state index in [9.17, 15) is 5.11 Å². The SMILES string of the molecule is Cc1cccc(C(O)CNc2cc(N3CCCC(C)C3)ncn2)c1. The Labute approximate surface area is 143 Å². The fourth-order valence-corrected chi connectivity index (χ4v) is 3.21. The highest BCUT2D eigenvalue weighted by atomic mass is 16.3. The third kappa shape index (κ3) is 4.23. The number of anilines is 2. The molecule has 0 bridgehead atoms. The number of aliphatic hydroxyl groups excluding tert-OH is 1. The fraction of sp³-hybridized carbons (Fsp3) is 0.474. The number of piperidine rings is 1. The van der Waals surface area contributed by atoms with E-state index in [0.29, 0.717) is 12.5 Å². The summed E-state index contributed by atoms with van der Waals surface area (Å²) < 4.78 is 0. The Hall–Kier alpha value is -2.14. The van der Waals surface area contributed by atoms with Crippen molar-refractivity contribution < 1.29 is 5.11 Å². The predicted octanol–water partition coefficient (Wildman–Crippen LogP) is 3.17. The molecule has 5 heteroatoms. The molecular formula is C19H26N4O. The number of aliphatic hydroxyl groups is 1. The second-order valence-electron chi connectivity index (χ2n) is 6.77. The molecule has 1 aliphatic heterocycles. The maximum atomic E-state index is 10.3. The van der Waals surface area contributed by atoms with Crippen LogP contribution < -0.4 is 10.2 Å². The molecule has 0 spiro atoms. The number of aromatic nitrogens is 2. The summed E-state index contributed by atoms with van der Waals surface area (Å²) in [5.74, 6) is 2.42. The molecule has 3 rings (SSSR count). The lowest BCUT2D eigenvalue weighted by atomic mass is 10.0. The van der Waals surface area contributed by atoms with Gasteiger partial charge in [0.2, 0.25) is 0 Å². The van der Waals surface area contributed by atoms with Crippen molar-refractivity contribution >= 4 is 11.6 Å². The van der Waals surface area contributed by atoms with Crippen LogP contribution >= 0.6 is 0 Å². The van der Waals surface area contributed by atoms with Gasteiger partial charge in [-0.1, -0.05) is 36.8 Å². The van der Waals surface area contributed by atoms with Crippen LogP contribution in [0, 0.1) is 12.8 Å². The zero-order chi connectivity index (χ0) is 16.9. The molecule has 2 aromatic rings. The van der Waals surface area contributed by atoms with Gasteiger partial charge in [-0.25, -0.2) is 9.97 Å². The van der Waals surface area contributed by atoms with Gasteiger partial charge in [0.25, 0.3) is 0 Å². The van der Waals surface area contributed by atoms with Gasteiger partial charge in [-0.3, -0.25) is 0 Å². The van der Waals surface area contributed by atoms with E-state index in [1.807, 2.05) is 37.3 Å². The van der Waals surface area contributed by atoms with Crippen molar-refractivity contribution in [3.8, 4) is 0 Å². The molecule has 1 saturated heterocycles. The lowest BCUT2D eigenvalue weighted by molar-refractivity contribution is 0.191. The van der Waals surface area contributed by atoms with Crippen LogP contribution in [0.1, 0.15) is 37.0 Å². The van der Waals surface area contributed by atoms with Crippen LogP contribution in [0.15, 0.2) is 36.7 Å². The maximum Gasteiger partial charge on any atom is 0.134 e. The van der Waals surface area contributed by atoms with Crippen LogP contribution in [0.2, 0.25) is 0 Å². The van der Waals surface area contributed by atoms with E-state index in [0.717, 1.165) is 35.9 Å². The molecular weight excluding hydrogens is 300 g/mol. The first kappa shape index (κ1) is 16.7. The molecule has 1 aromatic carbocycles. The Morgan fingerprint density at radius 3 is 3.00 bits per heavy atom. The van der Waals surface area contributed by atoms with Crippen LogP contribution in [-0.4, -0.2) is 34.7 Å². The Bertz CT molecular complexity index is 676. The van der Waals surface area contributed by atoms with Crippen molar-refractivity contribution in [2.45, 2.75) is 32.8 Å². The number of hydrogen-bond donors (Lipinski definition) is 2. The summed E-state index contributed by atoms with van der Waals surface area (Å²) in [6, 6.07) is 9.92. The lowest BCUT2D eigenvalue weighted by Gasteiger charge is -2.31. The summed E-state index contributed by atoms with van der Waals surface area (Å²) in [5, 5.41) is 13.6. The van der Waals surface area contributed by atoms with Crippen molar-refractivity contribution in [1.29, 1.82) is 0 Å². The molecule has 0 saturated carbocycles. The van der Waals surface area contributed by atoms with Gasteiger partial charge in [-0.2, -0.15) is 0 Å². The highest BCUT2D eigenvalue weighted by molar-refractivity contribution is 5.49. The molecule has 1 fully saturated rings. The van der Waals surface area contributed by atoms with Crippen molar-refractivity contribution in [2.75, 3.05) is 29.9 Å². The van der Waals surface area contributed by atoms with Gasteiger partial charge in [0.15, 0.2) is 0 Å². The molecule has 1 aromatic heterocycles. The topological polar surface area (TPSA) is 61.3 Å². The standard InChI is InChI=1S/C19H26N4O/c1-14-5-3-7-16(9-14)17(24)11-20-18-10-19(22-13-21-18)23-8-4-6-15(2)12-23/h3,5,7,9-10,13,15,17,24H,4,6,8,11-12H2,1-2H3,(H,20,21,22). The van der Waals surface area contributed by atoms with Crippen molar-refractivity contribution in [3.05, 3.63) is 47.8 Å². The van der Waals surface area contributed by atoms with E-state index in [4.69, 9.17) is 0 Å². The minimum absolute atomic E-state index is 0.427. The minimum atomic E-state index is -0.557. The number of benzene rings is 1. The quantitative estimate of drug-likeness (QED) is 0.884. The second kappa shape index (κ2) is 7.62. The molecule has 2 N–H and O–H groups in total. The van der Waals surface area contributed by atoms with Gasteiger partial charge >= 0.3 is 0 Å². The molecule has 2 unspecified atom stereocenters. The monoisotopic (exact) mass is 326 g/mol. The zero-order valence-corrected chi connectivity index (χ0v) is 14.4. The third-order valence-electron chi connectivity index (χ3n) is 4.54. The Balaban J connectivity index is 1.62. The van der Waals surface area contributed by atoms with Gasteiger partial charge in [0, 0.05) is 25.7 Å². The van der Waals surface area contributed by atoms with Crippen LogP contribution in [0.5, 0.6) is 0 Å². The normalized spacial score (nSPS) is 19.1. The van der Waals surface area contributed by atoms with Crippen LogP contribution in [0.3, 0.4) is 0 Å². The molecule has 5 nitrogen and oxygen atoms in total. The molecule has 2 heterocycles. The summed E-state index contributed by atoms with van der Waals surface area (Å²) in [7, 11) is 0. The highest BCUT2D eigenvalue weighted by Gasteiger charge is 2.18. The van der Waals surface area contributed by atoms with E-state index in [-0.39, 0.29) is 0 Å². The molecule has 0 radical (unpaired) electrons. The molecule has 0 amide bonds. The average Bonchev–Trinajstić information content (AvgIpc) is 2.60. The predicted molar refractivity (Wildman–Crippen MR) is 97.3 cm³/mol. The van der Waals surface area contributed by atoms with Crippen molar-refractivity contribution in [2.24, 2.45) is 5.92 Å². The molecule has 128 valence electrons. The number of nitrogens with one attached hydrogen (secondary N) is 1. The third-order valence-corrected chi connectivity index (χ3v) is 4.54. The first-order chi connectivity index (χ1) is 11.6. The number of rotatable bonds is 5.